The maximum atomic E-state index is 12.3. The van der Waals surface area contributed by atoms with Gasteiger partial charge in [-0.05, 0) is 43.9 Å². The van der Waals surface area contributed by atoms with Crippen LogP contribution in [0.5, 0.6) is 0 Å². The molecule has 0 radical (unpaired) electrons. The summed E-state index contributed by atoms with van der Waals surface area (Å²) < 4.78 is 0. The Kier molecular flexibility index (Phi) is 7.54. The highest BCUT2D eigenvalue weighted by Gasteiger charge is 2.29. The normalized spacial score (nSPS) is 21.7. The first-order valence-corrected chi connectivity index (χ1v) is 8.85. The van der Waals surface area contributed by atoms with Gasteiger partial charge in [0.1, 0.15) is 0 Å². The third-order valence-corrected chi connectivity index (χ3v) is 5.41. The Morgan fingerprint density at radius 1 is 1.23 bits per heavy atom. The van der Waals surface area contributed by atoms with Crippen molar-refractivity contribution in [2.45, 2.75) is 91.1 Å². The molecule has 1 unspecified atom stereocenters. The van der Waals surface area contributed by atoms with E-state index in [4.69, 9.17) is 5.73 Å². The predicted molar refractivity (Wildman–Crippen MR) is 90.5 cm³/mol. The molecule has 4 heteroatoms. The molecule has 1 amide bonds. The van der Waals surface area contributed by atoms with Crippen LogP contribution in [-0.4, -0.2) is 23.8 Å². The minimum Gasteiger partial charge on any atom is -0.345 e. The molecule has 1 fully saturated rings. The van der Waals surface area contributed by atoms with Crippen molar-refractivity contribution in [2.24, 2.45) is 17.1 Å². The molecule has 128 valence electrons. The van der Waals surface area contributed by atoms with Crippen molar-refractivity contribution in [3.05, 3.63) is 0 Å². The van der Waals surface area contributed by atoms with Gasteiger partial charge in [-0.15, -0.1) is 0 Å². The highest BCUT2D eigenvalue weighted by molar-refractivity contribution is 5.89. The van der Waals surface area contributed by atoms with Gasteiger partial charge in [0.25, 0.3) is 0 Å². The first kappa shape index (κ1) is 19.1. The van der Waals surface area contributed by atoms with E-state index in [1.807, 2.05) is 13.8 Å². The minimum absolute atomic E-state index is 0.00847. The van der Waals surface area contributed by atoms with Gasteiger partial charge in [0.2, 0.25) is 5.91 Å². The van der Waals surface area contributed by atoms with Gasteiger partial charge in [-0.1, -0.05) is 46.5 Å². The van der Waals surface area contributed by atoms with Crippen LogP contribution >= 0.6 is 0 Å². The molecule has 0 spiro atoms. The number of hydrogen-bond donors (Lipinski definition) is 2. The quantitative estimate of drug-likeness (QED) is 0.723. The molecule has 3 N–H and O–H groups in total. The summed E-state index contributed by atoms with van der Waals surface area (Å²) in [6, 6.07) is -0.918. The van der Waals surface area contributed by atoms with Crippen LogP contribution in [0, 0.1) is 11.3 Å². The third-order valence-electron chi connectivity index (χ3n) is 5.41. The number of amides is 1. The summed E-state index contributed by atoms with van der Waals surface area (Å²) in [6.45, 7) is 7.86. The Hall–Kier alpha value is -0.900. The second-order valence-corrected chi connectivity index (χ2v) is 7.50. The molecule has 1 saturated carbocycles. The fourth-order valence-corrected chi connectivity index (χ4v) is 3.43. The molecule has 22 heavy (non-hydrogen) atoms. The van der Waals surface area contributed by atoms with E-state index in [0.717, 1.165) is 12.8 Å². The maximum absolute atomic E-state index is 12.3. The van der Waals surface area contributed by atoms with E-state index < -0.39 is 12.1 Å². The van der Waals surface area contributed by atoms with Crippen LogP contribution in [0.3, 0.4) is 0 Å². The SMILES string of the molecule is CC[C@@H](C)[C@H](NC(=O)C(N)CCC1(C)CCCCC1)C(C)=O. The highest BCUT2D eigenvalue weighted by Crippen LogP contribution is 2.39. The van der Waals surface area contributed by atoms with Gasteiger partial charge in [0, 0.05) is 0 Å². The Balaban J connectivity index is 2.48. The summed E-state index contributed by atoms with van der Waals surface area (Å²) in [7, 11) is 0. The van der Waals surface area contributed by atoms with Crippen LogP contribution in [0.4, 0.5) is 0 Å². The molecular formula is C18H34N2O2. The minimum atomic E-state index is -0.510. The first-order valence-electron chi connectivity index (χ1n) is 8.85. The van der Waals surface area contributed by atoms with Crippen LogP contribution in [0.25, 0.3) is 0 Å². The zero-order valence-electron chi connectivity index (χ0n) is 14.8. The Morgan fingerprint density at radius 3 is 2.32 bits per heavy atom. The summed E-state index contributed by atoms with van der Waals surface area (Å²) in [5.41, 5.74) is 6.40. The van der Waals surface area contributed by atoms with E-state index in [9.17, 15) is 9.59 Å². The van der Waals surface area contributed by atoms with Gasteiger partial charge < -0.3 is 11.1 Å². The second kappa shape index (κ2) is 8.66. The molecule has 4 nitrogen and oxygen atoms in total. The van der Waals surface area contributed by atoms with Crippen molar-refractivity contribution in [2.75, 3.05) is 0 Å². The Morgan fingerprint density at radius 2 is 1.82 bits per heavy atom. The van der Waals surface area contributed by atoms with E-state index in [2.05, 4.69) is 12.2 Å². The number of ketones is 1. The molecule has 0 aromatic rings. The Labute approximate surface area is 135 Å². The number of carbonyl (C=O) groups excluding carboxylic acids is 2. The van der Waals surface area contributed by atoms with E-state index in [0.29, 0.717) is 11.8 Å². The zero-order valence-corrected chi connectivity index (χ0v) is 14.8. The van der Waals surface area contributed by atoms with Crippen LogP contribution in [0.15, 0.2) is 0 Å². The topological polar surface area (TPSA) is 72.2 Å². The number of nitrogens with two attached hydrogens (primary N) is 1. The van der Waals surface area contributed by atoms with Crippen molar-refractivity contribution in [1.82, 2.24) is 5.32 Å². The van der Waals surface area contributed by atoms with Crippen LogP contribution in [0.1, 0.15) is 79.1 Å². The van der Waals surface area contributed by atoms with E-state index >= 15 is 0 Å². The second-order valence-electron chi connectivity index (χ2n) is 7.50. The van der Waals surface area contributed by atoms with Gasteiger partial charge in [0.05, 0.1) is 12.1 Å². The molecule has 0 aliphatic heterocycles. The van der Waals surface area contributed by atoms with Gasteiger partial charge in [-0.25, -0.2) is 0 Å². The van der Waals surface area contributed by atoms with Gasteiger partial charge >= 0.3 is 0 Å². The molecule has 0 aromatic carbocycles. The van der Waals surface area contributed by atoms with Crippen molar-refractivity contribution in [1.29, 1.82) is 0 Å². The lowest BCUT2D eigenvalue weighted by Gasteiger charge is -2.34. The fraction of sp³-hybridized carbons (Fsp3) is 0.889. The molecule has 3 atom stereocenters. The number of carbonyl (C=O) groups is 2. The summed E-state index contributed by atoms with van der Waals surface area (Å²) in [6.07, 6.45) is 8.95. The molecule has 0 aromatic heterocycles. The largest absolute Gasteiger partial charge is 0.345 e. The highest BCUT2D eigenvalue weighted by atomic mass is 16.2. The standard InChI is InChI=1S/C18H34N2O2/c1-5-13(2)16(14(3)21)20-17(22)15(19)9-12-18(4)10-7-6-8-11-18/h13,15-16H,5-12,19H2,1-4H3,(H,20,22)/t13-,15?,16+/m1/s1. The van der Waals surface area contributed by atoms with Gasteiger partial charge in [-0.2, -0.15) is 0 Å². The number of Topliss-reactive ketones (excluding diaryl/α,β-unsaturated/α-hetero) is 1. The maximum Gasteiger partial charge on any atom is 0.237 e. The summed E-state index contributed by atoms with van der Waals surface area (Å²) in [5, 5.41) is 2.85. The zero-order chi connectivity index (χ0) is 16.8. The van der Waals surface area contributed by atoms with Crippen LogP contribution < -0.4 is 11.1 Å². The van der Waals surface area contributed by atoms with Crippen LogP contribution in [0.2, 0.25) is 0 Å². The van der Waals surface area contributed by atoms with E-state index in [-0.39, 0.29) is 17.6 Å². The molecule has 0 heterocycles. The lowest BCUT2D eigenvalue weighted by molar-refractivity contribution is -0.128. The Bertz CT molecular complexity index is 375. The van der Waals surface area contributed by atoms with Crippen molar-refractivity contribution in [3.63, 3.8) is 0 Å². The summed E-state index contributed by atoms with van der Waals surface area (Å²) >= 11 is 0. The molecule has 1 aliphatic carbocycles. The molecule has 0 saturated heterocycles. The van der Waals surface area contributed by atoms with Crippen molar-refractivity contribution >= 4 is 11.7 Å². The molecule has 0 bridgehead atoms. The van der Waals surface area contributed by atoms with Gasteiger partial charge in [-0.3, -0.25) is 9.59 Å². The number of hydrogen-bond acceptors (Lipinski definition) is 3. The lowest BCUT2D eigenvalue weighted by Crippen LogP contribution is -2.50. The van der Waals surface area contributed by atoms with Gasteiger partial charge in [0.15, 0.2) is 5.78 Å². The average molecular weight is 310 g/mol. The van der Waals surface area contributed by atoms with E-state index in [1.165, 1.54) is 39.0 Å². The fourth-order valence-electron chi connectivity index (χ4n) is 3.43. The summed E-state index contributed by atoms with van der Waals surface area (Å²) in [4.78, 5) is 24.0. The summed E-state index contributed by atoms with van der Waals surface area (Å²) in [5.74, 6) is -0.0291. The van der Waals surface area contributed by atoms with Crippen molar-refractivity contribution < 1.29 is 9.59 Å². The number of nitrogens with one attached hydrogen (secondary N) is 1. The smallest absolute Gasteiger partial charge is 0.237 e. The lowest BCUT2D eigenvalue weighted by atomic mass is 9.72. The molecule has 1 aliphatic rings. The van der Waals surface area contributed by atoms with E-state index in [1.54, 1.807) is 0 Å². The first-order chi connectivity index (χ1) is 10.3. The molecule has 1 rings (SSSR count). The van der Waals surface area contributed by atoms with Crippen molar-refractivity contribution in [3.8, 4) is 0 Å². The third kappa shape index (κ3) is 5.71. The average Bonchev–Trinajstić information content (AvgIpc) is 2.49. The predicted octanol–water partition coefficient (Wildman–Crippen LogP) is 3.18. The monoisotopic (exact) mass is 310 g/mol. The number of rotatable bonds is 8. The molecular weight excluding hydrogens is 276 g/mol. The van der Waals surface area contributed by atoms with Crippen LogP contribution in [-0.2, 0) is 9.59 Å².